The topological polar surface area (TPSA) is 260 Å². The fourth-order valence-electron chi connectivity index (χ4n) is 4.49. The lowest BCUT2D eigenvalue weighted by Crippen LogP contribution is -2.59. The third-order valence-corrected chi connectivity index (χ3v) is 7.02. The van der Waals surface area contributed by atoms with Crippen LogP contribution in [0.25, 0.3) is 0 Å². The van der Waals surface area contributed by atoms with Crippen molar-refractivity contribution in [2.75, 3.05) is 26.3 Å². The molecule has 2 aliphatic rings. The van der Waals surface area contributed by atoms with Crippen molar-refractivity contribution in [1.82, 2.24) is 31.4 Å². The summed E-state index contributed by atoms with van der Waals surface area (Å²) < 4.78 is 5.41. The van der Waals surface area contributed by atoms with Gasteiger partial charge in [0.25, 0.3) is 5.91 Å². The van der Waals surface area contributed by atoms with Crippen LogP contribution in [-0.4, -0.2) is 129 Å². The van der Waals surface area contributed by atoms with Crippen LogP contribution in [0.3, 0.4) is 0 Å². The molecule has 45 heavy (non-hydrogen) atoms. The zero-order valence-electron chi connectivity index (χ0n) is 24.4. The molecule has 1 fully saturated rings. The molecule has 18 heteroatoms. The van der Waals surface area contributed by atoms with Gasteiger partial charge < -0.3 is 36.2 Å². The highest BCUT2D eigenvalue weighted by atomic mass is 16.5. The van der Waals surface area contributed by atoms with Gasteiger partial charge in [-0.25, -0.2) is 15.1 Å². The predicted molar refractivity (Wildman–Crippen MR) is 151 cm³/mol. The van der Waals surface area contributed by atoms with Crippen molar-refractivity contribution in [1.29, 1.82) is 0 Å². The number of nitrogens with one attached hydrogen (secondary N) is 4. The molecule has 1 aromatic carbocycles. The molecular weight excluding hydrogens is 598 g/mol. The number of carbonyl (C=O) groups excluding carboxylic acids is 6. The van der Waals surface area contributed by atoms with Crippen LogP contribution in [0.1, 0.15) is 38.2 Å². The van der Waals surface area contributed by atoms with Gasteiger partial charge in [-0.05, 0) is 44.7 Å². The van der Waals surface area contributed by atoms with Crippen LogP contribution in [0.4, 0.5) is 0 Å². The van der Waals surface area contributed by atoms with Crippen LogP contribution >= 0.6 is 0 Å². The van der Waals surface area contributed by atoms with Crippen LogP contribution in [0.2, 0.25) is 0 Å². The molecule has 246 valence electrons. The molecule has 1 saturated heterocycles. The summed E-state index contributed by atoms with van der Waals surface area (Å²) in [5, 5.41) is 49.3. The number of rotatable bonds is 15. The Morgan fingerprint density at radius 2 is 1.84 bits per heavy atom. The van der Waals surface area contributed by atoms with E-state index in [1.165, 1.54) is 19.1 Å². The maximum atomic E-state index is 13.1. The summed E-state index contributed by atoms with van der Waals surface area (Å²) >= 11 is 0. The summed E-state index contributed by atoms with van der Waals surface area (Å²) in [6.07, 6.45) is 0.783. The lowest BCUT2D eigenvalue weighted by atomic mass is 10.1. The largest absolute Gasteiger partial charge is 0.507 e. The van der Waals surface area contributed by atoms with Crippen molar-refractivity contribution in [2.24, 2.45) is 4.99 Å². The van der Waals surface area contributed by atoms with E-state index < -0.39 is 66.4 Å². The van der Waals surface area contributed by atoms with Gasteiger partial charge in [0.1, 0.15) is 36.5 Å². The van der Waals surface area contributed by atoms with E-state index in [9.17, 15) is 49.4 Å². The first-order valence-electron chi connectivity index (χ1n) is 14.2. The number of aliphatic hydroxyl groups is 1. The number of phenolic OH excluding ortho intramolecular Hbond substituents is 1. The van der Waals surface area contributed by atoms with Crippen LogP contribution in [0, 0.1) is 0 Å². The van der Waals surface area contributed by atoms with E-state index in [0.29, 0.717) is 16.5 Å². The monoisotopic (exact) mass is 635 g/mol. The molecule has 0 aromatic heterocycles. The Morgan fingerprint density at radius 3 is 2.53 bits per heavy atom. The molecule has 0 bridgehead atoms. The molecule has 8 N–H and O–H groups in total. The number of hydroxylamine groups is 4. The summed E-state index contributed by atoms with van der Waals surface area (Å²) in [7, 11) is 0. The third-order valence-electron chi connectivity index (χ3n) is 7.02. The number of ether oxygens (including phenoxy) is 1. The minimum absolute atomic E-state index is 0.0166. The number of carbonyl (C=O) groups is 6. The van der Waals surface area contributed by atoms with E-state index in [0.717, 1.165) is 0 Å². The molecule has 6 amide bonds. The number of aromatic hydroxyl groups is 1. The molecule has 1 aromatic rings. The molecule has 0 saturated carbocycles. The van der Waals surface area contributed by atoms with E-state index in [1.54, 1.807) is 12.1 Å². The van der Waals surface area contributed by atoms with Crippen molar-refractivity contribution < 1.29 is 54.1 Å². The number of amides is 6. The van der Waals surface area contributed by atoms with Crippen LogP contribution in [0.15, 0.2) is 29.3 Å². The molecule has 18 nitrogen and oxygen atoms in total. The van der Waals surface area contributed by atoms with E-state index in [4.69, 9.17) is 4.74 Å². The Hall–Kier alpha value is -4.81. The number of benzene rings is 1. The highest BCUT2D eigenvalue weighted by Gasteiger charge is 2.34. The first-order chi connectivity index (χ1) is 21.4. The van der Waals surface area contributed by atoms with Crippen LogP contribution in [0.5, 0.6) is 5.75 Å². The van der Waals surface area contributed by atoms with E-state index >= 15 is 0 Å². The van der Waals surface area contributed by atoms with Crippen molar-refractivity contribution >= 4 is 41.8 Å². The quantitative estimate of drug-likeness (QED) is 0.0552. The lowest BCUT2D eigenvalue weighted by Gasteiger charge is -2.29. The molecule has 0 radical (unpaired) electrons. The van der Waals surface area contributed by atoms with Gasteiger partial charge in [-0.1, -0.05) is 12.1 Å². The number of para-hydroxylation sites is 1. The molecule has 0 spiro atoms. The Bertz CT molecular complexity index is 1290. The van der Waals surface area contributed by atoms with Crippen molar-refractivity contribution in [3.05, 3.63) is 29.8 Å². The van der Waals surface area contributed by atoms with Gasteiger partial charge in [-0.3, -0.25) is 39.2 Å². The SMILES string of the molecule is CC(NC(=O)C(CCCN(O)C=O)NC(=O)C(CO)NC(=O)C1COC(c2ccccc2O)=N1)C(=O)NC1CCCN(O)C1=O. The number of phenols is 1. The van der Waals surface area contributed by atoms with Crippen molar-refractivity contribution in [2.45, 2.75) is 62.8 Å². The third kappa shape index (κ3) is 9.59. The van der Waals surface area contributed by atoms with Crippen molar-refractivity contribution in [3.8, 4) is 5.75 Å². The number of hydrogen-bond acceptors (Lipinski definition) is 12. The van der Waals surface area contributed by atoms with Gasteiger partial charge in [0.05, 0.1) is 12.2 Å². The Balaban J connectivity index is 1.63. The number of aliphatic imine (C=N–C) groups is 1. The van der Waals surface area contributed by atoms with Gasteiger partial charge in [-0.2, -0.15) is 0 Å². The zero-order chi connectivity index (χ0) is 33.1. The first kappa shape index (κ1) is 34.7. The second-order valence-electron chi connectivity index (χ2n) is 10.4. The average molecular weight is 636 g/mol. The number of piperidine rings is 1. The summed E-state index contributed by atoms with van der Waals surface area (Å²) in [6.45, 7) is 0.214. The number of hydrogen-bond donors (Lipinski definition) is 8. The van der Waals surface area contributed by atoms with E-state index in [1.807, 2.05) is 0 Å². The van der Waals surface area contributed by atoms with Gasteiger partial charge in [-0.15, -0.1) is 0 Å². The van der Waals surface area contributed by atoms with Crippen molar-refractivity contribution in [3.63, 3.8) is 0 Å². The minimum atomic E-state index is -1.53. The van der Waals surface area contributed by atoms with Gasteiger partial charge >= 0.3 is 0 Å². The minimum Gasteiger partial charge on any atom is -0.507 e. The molecule has 5 atom stereocenters. The second-order valence-corrected chi connectivity index (χ2v) is 10.4. The van der Waals surface area contributed by atoms with Crippen LogP contribution in [-0.2, 0) is 33.5 Å². The molecular formula is C27H37N7O11. The molecule has 5 unspecified atom stereocenters. The van der Waals surface area contributed by atoms with Gasteiger partial charge in [0.2, 0.25) is 35.9 Å². The fourth-order valence-corrected chi connectivity index (χ4v) is 4.49. The fraction of sp³-hybridized carbons (Fsp3) is 0.519. The normalized spacial score (nSPS) is 19.7. The van der Waals surface area contributed by atoms with Gasteiger partial charge in [0, 0.05) is 13.1 Å². The smallest absolute Gasteiger partial charge is 0.268 e. The predicted octanol–water partition coefficient (Wildman–Crippen LogP) is -2.87. The maximum Gasteiger partial charge on any atom is 0.268 e. The Morgan fingerprint density at radius 1 is 1.13 bits per heavy atom. The zero-order valence-corrected chi connectivity index (χ0v) is 24.4. The highest BCUT2D eigenvalue weighted by molar-refractivity contribution is 6.01. The Kier molecular flexibility index (Phi) is 12.6. The molecule has 0 aliphatic carbocycles. The highest BCUT2D eigenvalue weighted by Crippen LogP contribution is 2.21. The average Bonchev–Trinajstić information content (AvgIpc) is 3.51. The summed E-state index contributed by atoms with van der Waals surface area (Å²) in [5.74, 6) is -4.10. The standard InChI is InChI=1S/C27H37N7O11/c1-15(22(38)30-18-8-5-11-34(44)27(18)42)28-23(39)17(7-4-10-33(43)14-36)29-24(40)19(12-35)31-25(41)20-13-45-26(32-20)16-6-2-3-9-21(16)37/h2-3,6,9,14-15,17-20,35,37,43-44H,4-5,7-8,10-13H2,1H3,(H,28,39)(H,29,40)(H,30,38)(H,31,41). The van der Waals surface area contributed by atoms with E-state index in [2.05, 4.69) is 26.3 Å². The van der Waals surface area contributed by atoms with Crippen LogP contribution < -0.4 is 21.3 Å². The molecule has 2 aliphatic heterocycles. The van der Waals surface area contributed by atoms with Gasteiger partial charge in [0.15, 0.2) is 6.04 Å². The van der Waals surface area contributed by atoms with E-state index in [-0.39, 0.29) is 62.6 Å². The summed E-state index contributed by atoms with van der Waals surface area (Å²) in [5.41, 5.74) is 0.262. The maximum absolute atomic E-state index is 13.1. The first-order valence-corrected chi connectivity index (χ1v) is 14.2. The summed E-state index contributed by atoms with van der Waals surface area (Å²) in [4.78, 5) is 78.6. The number of nitrogens with zero attached hydrogens (tertiary/aromatic N) is 3. The number of aliphatic hydroxyl groups excluding tert-OH is 1. The molecule has 2 heterocycles. The summed E-state index contributed by atoms with van der Waals surface area (Å²) in [6, 6.07) is 0.0439. The molecule has 3 rings (SSSR count). The Labute approximate surface area is 257 Å². The lowest BCUT2D eigenvalue weighted by molar-refractivity contribution is -0.173. The second kappa shape index (κ2) is 16.3.